The lowest BCUT2D eigenvalue weighted by Crippen LogP contribution is -2.06. The van der Waals surface area contributed by atoms with E-state index < -0.39 is 0 Å². The first-order chi connectivity index (χ1) is 10.8. The van der Waals surface area contributed by atoms with Crippen molar-refractivity contribution < 1.29 is 9.47 Å². The average Bonchev–Trinajstić information content (AvgIpc) is 2.60. The van der Waals surface area contributed by atoms with E-state index in [1.54, 1.807) is 19.1 Å². The molecule has 3 aromatic rings. The predicted molar refractivity (Wildman–Crippen MR) is 92.6 cm³/mol. The minimum Gasteiger partial charge on any atom is -0.497 e. The van der Waals surface area contributed by atoms with Gasteiger partial charge in [0.2, 0.25) is 0 Å². The lowest BCUT2D eigenvalue weighted by molar-refractivity contribution is 0.392. The summed E-state index contributed by atoms with van der Waals surface area (Å²) in [5.74, 6) is 2.42. The minimum atomic E-state index is 0.633. The molecular formula is C18H15NO2S. The summed E-state index contributed by atoms with van der Waals surface area (Å²) in [6, 6.07) is 18.7. The van der Waals surface area contributed by atoms with Crippen molar-refractivity contribution in [2.45, 2.75) is 0 Å². The van der Waals surface area contributed by atoms with E-state index in [-0.39, 0.29) is 0 Å². The quantitative estimate of drug-likeness (QED) is 0.680. The van der Waals surface area contributed by atoms with Crippen molar-refractivity contribution in [3.05, 3.63) is 54.6 Å². The molecule has 0 amide bonds. The van der Waals surface area contributed by atoms with Crippen molar-refractivity contribution in [2.75, 3.05) is 17.8 Å². The Labute approximate surface area is 133 Å². The first kappa shape index (κ1) is 13.3. The monoisotopic (exact) mass is 309 g/mol. The fourth-order valence-corrected chi connectivity index (χ4v) is 3.31. The SMILES string of the molecule is COc1ccc2cc(-c3cccc4c3NSCO4)ccc2c1. The molecule has 4 rings (SSSR count). The van der Waals surface area contributed by atoms with Gasteiger partial charge in [-0.15, -0.1) is 0 Å². The first-order valence-electron chi connectivity index (χ1n) is 7.07. The highest BCUT2D eigenvalue weighted by atomic mass is 32.2. The Bertz CT molecular complexity index is 848. The second kappa shape index (κ2) is 5.46. The van der Waals surface area contributed by atoms with Crippen molar-refractivity contribution in [1.82, 2.24) is 0 Å². The molecule has 1 aliphatic rings. The number of fused-ring (bicyclic) bond motifs is 2. The maximum atomic E-state index is 5.69. The molecule has 1 heterocycles. The Kier molecular flexibility index (Phi) is 3.31. The molecule has 4 heteroatoms. The van der Waals surface area contributed by atoms with Gasteiger partial charge in [-0.2, -0.15) is 0 Å². The van der Waals surface area contributed by atoms with Crippen molar-refractivity contribution in [3.63, 3.8) is 0 Å². The number of benzene rings is 3. The maximum Gasteiger partial charge on any atom is 0.153 e. The molecule has 110 valence electrons. The lowest BCUT2D eigenvalue weighted by Gasteiger charge is -2.21. The zero-order valence-corrected chi connectivity index (χ0v) is 12.9. The van der Waals surface area contributed by atoms with E-state index in [2.05, 4.69) is 41.1 Å². The van der Waals surface area contributed by atoms with Crippen LogP contribution in [0.25, 0.3) is 21.9 Å². The third-order valence-corrected chi connectivity index (χ3v) is 4.42. The Balaban J connectivity index is 1.84. The van der Waals surface area contributed by atoms with E-state index in [1.165, 1.54) is 16.3 Å². The molecule has 0 atom stereocenters. The molecule has 0 aromatic heterocycles. The normalized spacial score (nSPS) is 13.1. The van der Waals surface area contributed by atoms with Gasteiger partial charge in [-0.05, 0) is 52.5 Å². The summed E-state index contributed by atoms with van der Waals surface area (Å²) in [7, 11) is 1.69. The Morgan fingerprint density at radius 3 is 2.82 bits per heavy atom. The molecule has 1 N–H and O–H groups in total. The highest BCUT2D eigenvalue weighted by Crippen LogP contribution is 2.40. The third-order valence-electron chi connectivity index (χ3n) is 3.83. The largest absolute Gasteiger partial charge is 0.497 e. The summed E-state index contributed by atoms with van der Waals surface area (Å²) < 4.78 is 14.3. The van der Waals surface area contributed by atoms with Crippen LogP contribution in [-0.2, 0) is 0 Å². The summed E-state index contributed by atoms with van der Waals surface area (Å²) in [5, 5.41) is 2.37. The third kappa shape index (κ3) is 2.25. The topological polar surface area (TPSA) is 30.5 Å². The number of para-hydroxylation sites is 1. The number of methoxy groups -OCH3 is 1. The predicted octanol–water partition coefficient (Wildman–Crippen LogP) is 4.93. The van der Waals surface area contributed by atoms with Gasteiger partial charge in [0, 0.05) is 5.56 Å². The average molecular weight is 309 g/mol. The van der Waals surface area contributed by atoms with E-state index in [1.807, 2.05) is 18.2 Å². The van der Waals surface area contributed by atoms with Crippen molar-refractivity contribution in [1.29, 1.82) is 0 Å². The van der Waals surface area contributed by atoms with Gasteiger partial charge in [0.05, 0.1) is 12.8 Å². The van der Waals surface area contributed by atoms with Gasteiger partial charge in [0.15, 0.2) is 5.94 Å². The van der Waals surface area contributed by atoms with Gasteiger partial charge >= 0.3 is 0 Å². The van der Waals surface area contributed by atoms with E-state index in [9.17, 15) is 0 Å². The molecule has 3 nitrogen and oxygen atoms in total. The molecule has 1 aliphatic heterocycles. The van der Waals surface area contributed by atoms with Gasteiger partial charge in [-0.3, -0.25) is 0 Å². The minimum absolute atomic E-state index is 0.633. The summed E-state index contributed by atoms with van der Waals surface area (Å²) in [6.45, 7) is 0. The van der Waals surface area contributed by atoms with Crippen molar-refractivity contribution in [3.8, 4) is 22.6 Å². The van der Waals surface area contributed by atoms with E-state index >= 15 is 0 Å². The zero-order chi connectivity index (χ0) is 14.9. The molecule has 0 unspecified atom stereocenters. The van der Waals surface area contributed by atoms with Gasteiger partial charge in [-0.1, -0.05) is 30.3 Å². The fraction of sp³-hybridized carbons (Fsp3) is 0.111. The molecule has 0 saturated heterocycles. The standard InChI is InChI=1S/C18H15NO2S/c1-20-15-8-7-12-9-14(6-5-13(12)10-15)16-3-2-4-17-18(16)19-22-11-21-17/h2-10,19H,11H2,1H3. The smallest absolute Gasteiger partial charge is 0.153 e. The summed E-state index contributed by atoms with van der Waals surface area (Å²) in [6.07, 6.45) is 0. The summed E-state index contributed by atoms with van der Waals surface area (Å²) in [4.78, 5) is 0. The maximum absolute atomic E-state index is 5.69. The lowest BCUT2D eigenvalue weighted by atomic mass is 9.99. The number of hydrogen-bond donors (Lipinski definition) is 1. The Morgan fingerprint density at radius 1 is 1.05 bits per heavy atom. The van der Waals surface area contributed by atoms with Crippen LogP contribution in [0, 0.1) is 0 Å². The van der Waals surface area contributed by atoms with Gasteiger partial charge in [0.25, 0.3) is 0 Å². The van der Waals surface area contributed by atoms with E-state index in [4.69, 9.17) is 9.47 Å². The fourth-order valence-electron chi connectivity index (χ4n) is 2.71. The number of rotatable bonds is 2. The molecule has 0 radical (unpaired) electrons. The molecule has 0 bridgehead atoms. The van der Waals surface area contributed by atoms with Crippen LogP contribution in [0.4, 0.5) is 5.69 Å². The molecule has 0 spiro atoms. The van der Waals surface area contributed by atoms with Gasteiger partial charge in [-0.25, -0.2) is 0 Å². The van der Waals surface area contributed by atoms with Crippen LogP contribution in [0.1, 0.15) is 0 Å². The van der Waals surface area contributed by atoms with Crippen LogP contribution in [0.3, 0.4) is 0 Å². The number of ether oxygens (including phenoxy) is 2. The molecule has 3 aromatic carbocycles. The van der Waals surface area contributed by atoms with Crippen LogP contribution in [-0.4, -0.2) is 13.0 Å². The Hall–Kier alpha value is -2.33. The summed E-state index contributed by atoms with van der Waals surface area (Å²) >= 11 is 1.57. The second-order valence-corrected chi connectivity index (χ2v) is 5.84. The van der Waals surface area contributed by atoms with E-state index in [0.717, 1.165) is 22.7 Å². The molecule has 0 saturated carbocycles. The molecule has 0 fully saturated rings. The van der Waals surface area contributed by atoms with Crippen LogP contribution in [0.2, 0.25) is 0 Å². The number of nitrogens with one attached hydrogen (secondary N) is 1. The highest BCUT2D eigenvalue weighted by Gasteiger charge is 2.15. The van der Waals surface area contributed by atoms with Crippen LogP contribution in [0.15, 0.2) is 54.6 Å². The van der Waals surface area contributed by atoms with Crippen LogP contribution >= 0.6 is 11.9 Å². The summed E-state index contributed by atoms with van der Waals surface area (Å²) in [5.41, 5.74) is 3.38. The zero-order valence-electron chi connectivity index (χ0n) is 12.1. The molecule has 0 aliphatic carbocycles. The van der Waals surface area contributed by atoms with Gasteiger partial charge in [0.1, 0.15) is 11.5 Å². The highest BCUT2D eigenvalue weighted by molar-refractivity contribution is 8.00. The Morgan fingerprint density at radius 2 is 1.91 bits per heavy atom. The van der Waals surface area contributed by atoms with Crippen molar-refractivity contribution >= 4 is 28.4 Å². The first-order valence-corrected chi connectivity index (χ1v) is 8.05. The van der Waals surface area contributed by atoms with Crippen LogP contribution in [0.5, 0.6) is 11.5 Å². The molecular weight excluding hydrogens is 294 g/mol. The van der Waals surface area contributed by atoms with Crippen molar-refractivity contribution in [2.24, 2.45) is 0 Å². The van der Waals surface area contributed by atoms with Crippen LogP contribution < -0.4 is 14.2 Å². The molecule has 22 heavy (non-hydrogen) atoms. The second-order valence-electron chi connectivity index (χ2n) is 5.12. The van der Waals surface area contributed by atoms with Gasteiger partial charge < -0.3 is 14.2 Å². The number of hydrogen-bond acceptors (Lipinski definition) is 4. The van der Waals surface area contributed by atoms with E-state index in [0.29, 0.717) is 5.94 Å². The number of anilines is 1.